The second-order valence-corrected chi connectivity index (χ2v) is 5.57. The maximum atomic E-state index is 12.4. The molecule has 1 heterocycles. The molecular formula is C19H16N2O. The number of nitrogens with one attached hydrogen (secondary N) is 1. The van der Waals surface area contributed by atoms with Crippen LogP contribution in [0, 0.1) is 0 Å². The molecular weight excluding hydrogens is 272 g/mol. The van der Waals surface area contributed by atoms with Crippen molar-refractivity contribution < 1.29 is 4.79 Å². The Morgan fingerprint density at radius 3 is 2.55 bits per heavy atom. The van der Waals surface area contributed by atoms with Crippen molar-refractivity contribution in [3.63, 3.8) is 0 Å². The van der Waals surface area contributed by atoms with Crippen molar-refractivity contribution in [1.82, 2.24) is 5.32 Å². The summed E-state index contributed by atoms with van der Waals surface area (Å²) in [5, 5.41) is 5.47. The van der Waals surface area contributed by atoms with Gasteiger partial charge in [-0.3, -0.25) is 4.79 Å². The smallest absolute Gasteiger partial charge is 0.255 e. The summed E-state index contributed by atoms with van der Waals surface area (Å²) >= 11 is 0. The Morgan fingerprint density at radius 1 is 0.909 bits per heavy atom. The molecule has 1 unspecified atom stereocenters. The second kappa shape index (κ2) is 4.88. The molecule has 1 aliphatic rings. The summed E-state index contributed by atoms with van der Waals surface area (Å²) < 4.78 is 0. The number of benzene rings is 3. The molecule has 1 atom stereocenters. The standard InChI is InChI=1S/C19H16N2O/c1-21-17-12-5-4-10-16(17)19(22)20-18(21)15-11-6-8-13-7-2-3-9-14(13)15/h2-12,18H,1H3,(H,20,22). The Labute approximate surface area is 129 Å². The molecule has 0 aromatic heterocycles. The lowest BCUT2D eigenvalue weighted by Crippen LogP contribution is -2.44. The SMILES string of the molecule is CN1c2ccccc2C(=O)NC1c1cccc2ccccc12. The van der Waals surface area contributed by atoms with Crippen LogP contribution in [-0.2, 0) is 0 Å². The van der Waals surface area contributed by atoms with Crippen LogP contribution >= 0.6 is 0 Å². The third kappa shape index (κ3) is 1.86. The quantitative estimate of drug-likeness (QED) is 0.740. The highest BCUT2D eigenvalue weighted by Gasteiger charge is 2.29. The summed E-state index contributed by atoms with van der Waals surface area (Å²) in [6.07, 6.45) is -0.159. The zero-order chi connectivity index (χ0) is 15.1. The van der Waals surface area contributed by atoms with E-state index in [1.54, 1.807) is 0 Å². The minimum Gasteiger partial charge on any atom is -0.350 e. The Kier molecular flexibility index (Phi) is 2.86. The van der Waals surface area contributed by atoms with Gasteiger partial charge < -0.3 is 10.2 Å². The third-order valence-corrected chi connectivity index (χ3v) is 4.30. The van der Waals surface area contributed by atoms with Gasteiger partial charge in [0, 0.05) is 12.6 Å². The van der Waals surface area contributed by atoms with E-state index in [4.69, 9.17) is 0 Å². The highest BCUT2D eigenvalue weighted by Crippen LogP contribution is 2.34. The van der Waals surface area contributed by atoms with Gasteiger partial charge in [-0.2, -0.15) is 0 Å². The zero-order valence-corrected chi connectivity index (χ0v) is 12.3. The largest absolute Gasteiger partial charge is 0.350 e. The number of hydrogen-bond acceptors (Lipinski definition) is 2. The fourth-order valence-corrected chi connectivity index (χ4v) is 3.19. The molecule has 3 aromatic carbocycles. The Bertz CT molecular complexity index is 867. The van der Waals surface area contributed by atoms with Crippen molar-refractivity contribution in [2.75, 3.05) is 11.9 Å². The molecule has 4 rings (SSSR count). The van der Waals surface area contributed by atoms with E-state index < -0.39 is 0 Å². The van der Waals surface area contributed by atoms with E-state index in [0.29, 0.717) is 0 Å². The molecule has 0 aliphatic carbocycles. The van der Waals surface area contributed by atoms with E-state index >= 15 is 0 Å². The predicted molar refractivity (Wildman–Crippen MR) is 89.0 cm³/mol. The van der Waals surface area contributed by atoms with Gasteiger partial charge >= 0.3 is 0 Å². The van der Waals surface area contributed by atoms with Gasteiger partial charge in [0.15, 0.2) is 0 Å². The van der Waals surface area contributed by atoms with Gasteiger partial charge in [0.1, 0.15) is 6.17 Å². The minimum atomic E-state index is -0.159. The molecule has 0 saturated heterocycles. The Balaban J connectivity index is 1.88. The van der Waals surface area contributed by atoms with Crippen molar-refractivity contribution in [1.29, 1.82) is 0 Å². The number of para-hydroxylation sites is 1. The average molecular weight is 288 g/mol. The fourth-order valence-electron chi connectivity index (χ4n) is 3.19. The van der Waals surface area contributed by atoms with Crippen LogP contribution in [-0.4, -0.2) is 13.0 Å². The first kappa shape index (κ1) is 12.9. The molecule has 3 nitrogen and oxygen atoms in total. The number of carbonyl (C=O) groups is 1. The molecule has 108 valence electrons. The van der Waals surface area contributed by atoms with E-state index in [1.165, 1.54) is 10.8 Å². The number of carbonyl (C=O) groups excluding carboxylic acids is 1. The van der Waals surface area contributed by atoms with E-state index in [2.05, 4.69) is 34.5 Å². The normalized spacial score (nSPS) is 17.2. The number of nitrogens with zero attached hydrogens (tertiary/aromatic N) is 1. The van der Waals surface area contributed by atoms with Gasteiger partial charge in [0.2, 0.25) is 0 Å². The Morgan fingerprint density at radius 2 is 1.64 bits per heavy atom. The molecule has 0 saturated carbocycles. The van der Waals surface area contributed by atoms with E-state index in [0.717, 1.165) is 16.8 Å². The zero-order valence-electron chi connectivity index (χ0n) is 12.3. The first-order chi connectivity index (χ1) is 10.8. The van der Waals surface area contributed by atoms with Crippen LogP contribution in [0.1, 0.15) is 22.1 Å². The summed E-state index contributed by atoms with van der Waals surface area (Å²) in [7, 11) is 2.02. The van der Waals surface area contributed by atoms with E-state index in [1.807, 2.05) is 49.5 Å². The third-order valence-electron chi connectivity index (χ3n) is 4.30. The predicted octanol–water partition coefficient (Wildman–Crippen LogP) is 3.72. The number of fused-ring (bicyclic) bond motifs is 2. The lowest BCUT2D eigenvalue weighted by molar-refractivity contribution is 0.0928. The second-order valence-electron chi connectivity index (χ2n) is 5.57. The molecule has 0 fully saturated rings. The molecule has 22 heavy (non-hydrogen) atoms. The number of amides is 1. The van der Waals surface area contributed by atoms with Gasteiger partial charge in [0.25, 0.3) is 5.91 Å². The van der Waals surface area contributed by atoms with Crippen molar-refractivity contribution in [3.05, 3.63) is 77.9 Å². The molecule has 0 bridgehead atoms. The van der Waals surface area contributed by atoms with Crippen molar-refractivity contribution in [3.8, 4) is 0 Å². The molecule has 3 aromatic rings. The Hall–Kier alpha value is -2.81. The van der Waals surface area contributed by atoms with Gasteiger partial charge in [-0.25, -0.2) is 0 Å². The number of hydrogen-bond donors (Lipinski definition) is 1. The summed E-state index contributed by atoms with van der Waals surface area (Å²) in [4.78, 5) is 14.5. The first-order valence-electron chi connectivity index (χ1n) is 7.36. The molecule has 1 aliphatic heterocycles. The van der Waals surface area contributed by atoms with E-state index in [9.17, 15) is 4.79 Å². The van der Waals surface area contributed by atoms with Crippen molar-refractivity contribution in [2.45, 2.75) is 6.17 Å². The number of rotatable bonds is 1. The maximum Gasteiger partial charge on any atom is 0.255 e. The highest BCUT2D eigenvalue weighted by atomic mass is 16.2. The van der Waals surface area contributed by atoms with Crippen LogP contribution in [0.2, 0.25) is 0 Å². The van der Waals surface area contributed by atoms with E-state index in [-0.39, 0.29) is 12.1 Å². The monoisotopic (exact) mass is 288 g/mol. The van der Waals surface area contributed by atoms with Crippen LogP contribution in [0.3, 0.4) is 0 Å². The van der Waals surface area contributed by atoms with Crippen LogP contribution < -0.4 is 10.2 Å². The maximum absolute atomic E-state index is 12.4. The molecule has 0 radical (unpaired) electrons. The van der Waals surface area contributed by atoms with Gasteiger partial charge in [0.05, 0.1) is 11.3 Å². The average Bonchev–Trinajstić information content (AvgIpc) is 2.58. The van der Waals surface area contributed by atoms with Gasteiger partial charge in [-0.05, 0) is 22.9 Å². The lowest BCUT2D eigenvalue weighted by Gasteiger charge is -2.37. The number of anilines is 1. The fraction of sp³-hybridized carbons (Fsp3) is 0.105. The summed E-state index contributed by atoms with van der Waals surface area (Å²) in [5.41, 5.74) is 2.80. The van der Waals surface area contributed by atoms with Gasteiger partial charge in [-0.15, -0.1) is 0 Å². The first-order valence-corrected chi connectivity index (χ1v) is 7.36. The lowest BCUT2D eigenvalue weighted by atomic mass is 9.99. The summed E-state index contributed by atoms with van der Waals surface area (Å²) in [6.45, 7) is 0. The van der Waals surface area contributed by atoms with Crippen LogP contribution in [0.4, 0.5) is 5.69 Å². The summed E-state index contributed by atoms with van der Waals surface area (Å²) in [6, 6.07) is 22.2. The minimum absolute atomic E-state index is 0.0216. The van der Waals surface area contributed by atoms with Gasteiger partial charge in [-0.1, -0.05) is 54.6 Å². The summed E-state index contributed by atoms with van der Waals surface area (Å²) in [5.74, 6) is -0.0216. The van der Waals surface area contributed by atoms with Crippen LogP contribution in [0.15, 0.2) is 66.7 Å². The molecule has 1 N–H and O–H groups in total. The molecule has 3 heteroatoms. The van der Waals surface area contributed by atoms with Crippen LogP contribution in [0.25, 0.3) is 10.8 Å². The molecule has 0 spiro atoms. The molecule has 1 amide bonds. The van der Waals surface area contributed by atoms with Crippen molar-refractivity contribution >= 4 is 22.4 Å². The topological polar surface area (TPSA) is 32.3 Å². The van der Waals surface area contributed by atoms with Crippen LogP contribution in [0.5, 0.6) is 0 Å². The highest BCUT2D eigenvalue weighted by molar-refractivity contribution is 6.02. The van der Waals surface area contributed by atoms with Crippen molar-refractivity contribution in [2.24, 2.45) is 0 Å².